The predicted octanol–water partition coefficient (Wildman–Crippen LogP) is 14.0. The van der Waals surface area contributed by atoms with Crippen molar-refractivity contribution in [1.29, 1.82) is 0 Å². The number of imidazole rings is 2. The van der Waals surface area contributed by atoms with Gasteiger partial charge in [-0.25, -0.2) is 34.9 Å². The monoisotopic (exact) mass is 995 g/mol. The van der Waals surface area contributed by atoms with E-state index < -0.39 is 0 Å². The van der Waals surface area contributed by atoms with E-state index in [4.69, 9.17) is 34.9 Å². The van der Waals surface area contributed by atoms with E-state index in [2.05, 4.69) is 30.4 Å². The van der Waals surface area contributed by atoms with Crippen LogP contribution in [-0.4, -0.2) is 43.7 Å². The lowest BCUT2D eigenvalue weighted by atomic mass is 9.95. The van der Waals surface area contributed by atoms with Crippen molar-refractivity contribution < 1.29 is 0 Å². The number of hydrogen-bond acceptors (Lipinski definition) is 9. The Bertz CT molecular complexity index is 4660. The maximum Gasteiger partial charge on any atom is 0.264 e. The van der Waals surface area contributed by atoms with Crippen LogP contribution >= 0.6 is 0 Å². The van der Waals surface area contributed by atoms with Crippen molar-refractivity contribution in [3.63, 3.8) is 0 Å². The number of allylic oxidation sites excluding steroid dienone is 1. The zero-order chi connectivity index (χ0) is 51.7. The van der Waals surface area contributed by atoms with Gasteiger partial charge < -0.3 is 0 Å². The van der Waals surface area contributed by atoms with Crippen molar-refractivity contribution in [1.82, 2.24) is 43.7 Å². The number of pyridine rings is 2. The van der Waals surface area contributed by atoms with Gasteiger partial charge in [-0.05, 0) is 47.4 Å². The molecule has 77 heavy (non-hydrogen) atoms. The largest absolute Gasteiger partial charge is 0.269 e. The Kier molecular flexibility index (Phi) is 10.8. The fourth-order valence-electron chi connectivity index (χ4n) is 11.1. The molecule has 0 radical (unpaired) electrons. The van der Waals surface area contributed by atoms with E-state index in [1.54, 1.807) is 8.80 Å². The Morgan fingerprint density at radius 2 is 0.922 bits per heavy atom. The van der Waals surface area contributed by atoms with Gasteiger partial charge in [0.15, 0.2) is 23.3 Å². The molecule has 2 aliphatic carbocycles. The van der Waals surface area contributed by atoms with Gasteiger partial charge in [0, 0.05) is 54.9 Å². The number of aromatic nitrogens is 9. The summed E-state index contributed by atoms with van der Waals surface area (Å²) < 4.78 is 3.49. The Labute approximate surface area is 440 Å². The van der Waals surface area contributed by atoms with Crippen LogP contribution in [0.25, 0.3) is 129 Å². The van der Waals surface area contributed by atoms with Gasteiger partial charge in [0.05, 0.1) is 33.3 Å². The molecule has 11 heteroatoms. The number of benzene rings is 8. The number of fused-ring (bicyclic) bond motifs is 8. The second-order valence-corrected chi connectivity index (χ2v) is 19.1. The van der Waals surface area contributed by atoms with Gasteiger partial charge in [0.25, 0.3) is 11.1 Å². The van der Waals surface area contributed by atoms with Crippen LogP contribution < -0.4 is 11.1 Å². The molecule has 0 spiro atoms. The lowest BCUT2D eigenvalue weighted by Crippen LogP contribution is -2.21. The molecule has 1 fully saturated rings. The first-order chi connectivity index (χ1) is 38.0. The highest BCUT2D eigenvalue weighted by molar-refractivity contribution is 6.24. The van der Waals surface area contributed by atoms with Crippen LogP contribution in [-0.2, 0) is 0 Å². The summed E-state index contributed by atoms with van der Waals surface area (Å²) in [5.74, 6) is 3.95. The molecule has 0 bridgehead atoms. The molecule has 0 saturated heterocycles. The molecule has 0 aliphatic heterocycles. The molecule has 11 nitrogen and oxygen atoms in total. The average molecular weight is 996 g/mol. The summed E-state index contributed by atoms with van der Waals surface area (Å²) in [6, 6.07) is 65.6. The molecule has 2 aliphatic rings. The summed E-state index contributed by atoms with van der Waals surface area (Å²) in [5.41, 5.74) is 11.1. The summed E-state index contributed by atoms with van der Waals surface area (Å²) in [6.07, 6.45) is 5.39. The zero-order valence-corrected chi connectivity index (χ0v) is 41.9. The molecule has 0 amide bonds. The Balaban J connectivity index is 0.000000136. The molecule has 6 aromatic heterocycles. The summed E-state index contributed by atoms with van der Waals surface area (Å²) in [7, 11) is 0. The second kappa shape index (κ2) is 18.4. The van der Waals surface area contributed by atoms with Crippen LogP contribution in [0.2, 0.25) is 0 Å². The highest BCUT2D eigenvalue weighted by Crippen LogP contribution is 2.53. The highest BCUT2D eigenvalue weighted by Gasteiger charge is 2.43. The van der Waals surface area contributed by atoms with E-state index >= 15 is 0 Å². The number of hydrogen-bond donors (Lipinski definition) is 0. The van der Waals surface area contributed by atoms with E-state index in [1.807, 2.05) is 196 Å². The molecule has 1 saturated carbocycles. The zero-order valence-electron chi connectivity index (χ0n) is 41.9. The molecular weight excluding hydrogens is 951 g/mol. The van der Waals surface area contributed by atoms with Gasteiger partial charge in [-0.1, -0.05) is 208 Å². The Hall–Kier alpha value is -10.1. The number of rotatable bonds is 6. The summed E-state index contributed by atoms with van der Waals surface area (Å²) in [6.45, 7) is 4.00. The molecule has 14 aromatic rings. The Morgan fingerprint density at radius 1 is 0.416 bits per heavy atom. The fourth-order valence-corrected chi connectivity index (χ4v) is 11.1. The molecule has 16 rings (SSSR count). The van der Waals surface area contributed by atoms with E-state index in [-0.39, 0.29) is 17.0 Å². The molecule has 6 heterocycles. The van der Waals surface area contributed by atoms with Crippen LogP contribution in [0.15, 0.2) is 216 Å². The van der Waals surface area contributed by atoms with Gasteiger partial charge in [0.2, 0.25) is 5.82 Å². The van der Waals surface area contributed by atoms with E-state index in [9.17, 15) is 9.59 Å². The average Bonchev–Trinajstić information content (AvgIpc) is 4.20. The third-order valence-electron chi connectivity index (χ3n) is 14.7. The smallest absolute Gasteiger partial charge is 0.264 e. The van der Waals surface area contributed by atoms with E-state index in [0.29, 0.717) is 46.3 Å². The topological polar surface area (TPSA) is 133 Å². The highest BCUT2D eigenvalue weighted by atomic mass is 16.1. The summed E-state index contributed by atoms with van der Waals surface area (Å²) >= 11 is 0. The lowest BCUT2D eigenvalue weighted by Gasteiger charge is -2.14. The van der Waals surface area contributed by atoms with Crippen LogP contribution in [0.1, 0.15) is 37.3 Å². The first-order valence-corrected chi connectivity index (χ1v) is 26.0. The van der Waals surface area contributed by atoms with Gasteiger partial charge in [0.1, 0.15) is 5.82 Å². The van der Waals surface area contributed by atoms with E-state index in [1.165, 1.54) is 0 Å². The predicted molar refractivity (Wildman–Crippen MR) is 308 cm³/mol. The maximum absolute atomic E-state index is 14.0. The van der Waals surface area contributed by atoms with Crippen molar-refractivity contribution in [3.05, 3.63) is 238 Å². The SMILES string of the molecule is CC.O=c1c2c(c3cccc4nc(-c5nc(-c6ccccc6)nc(-c6ccccc6)n5)n1c43)C=CC1CC21.O=c1c2ccccc2c2c3nc(-c4ccccc4)nc(-c4ccccc4)c3cc3nc(-c4ccccc4)n1c32. The van der Waals surface area contributed by atoms with Crippen LogP contribution in [0.5, 0.6) is 0 Å². The minimum absolute atomic E-state index is 0.0130. The van der Waals surface area contributed by atoms with Gasteiger partial charge in [-0.3, -0.25) is 18.4 Å². The van der Waals surface area contributed by atoms with Crippen LogP contribution in [0.4, 0.5) is 0 Å². The quantitative estimate of drug-likeness (QED) is 0.149. The molecule has 2 atom stereocenters. The minimum Gasteiger partial charge on any atom is -0.269 e. The molecular formula is C66H45N9O2. The minimum atomic E-state index is -0.0839. The van der Waals surface area contributed by atoms with Crippen LogP contribution in [0, 0.1) is 5.92 Å². The second-order valence-electron chi connectivity index (χ2n) is 19.1. The first-order valence-electron chi connectivity index (χ1n) is 26.0. The lowest BCUT2D eigenvalue weighted by molar-refractivity contribution is 0.938. The van der Waals surface area contributed by atoms with Gasteiger partial charge >= 0.3 is 0 Å². The summed E-state index contributed by atoms with van der Waals surface area (Å²) in [4.78, 5) is 62.6. The van der Waals surface area contributed by atoms with Crippen molar-refractivity contribution in [2.45, 2.75) is 26.2 Å². The third-order valence-corrected chi connectivity index (χ3v) is 14.7. The number of para-hydroxylation sites is 1. The molecule has 8 aromatic carbocycles. The van der Waals surface area contributed by atoms with Crippen molar-refractivity contribution in [2.75, 3.05) is 0 Å². The fraction of sp³-hybridized carbons (Fsp3) is 0.0758. The normalized spacial score (nSPS) is 14.4. The van der Waals surface area contributed by atoms with Crippen molar-refractivity contribution in [3.8, 4) is 68.5 Å². The van der Waals surface area contributed by atoms with Gasteiger partial charge in [-0.15, -0.1) is 0 Å². The first kappa shape index (κ1) is 45.5. The van der Waals surface area contributed by atoms with E-state index in [0.717, 1.165) is 100 Å². The van der Waals surface area contributed by atoms with Crippen molar-refractivity contribution in [2.24, 2.45) is 5.92 Å². The third kappa shape index (κ3) is 7.45. The molecule has 366 valence electrons. The Morgan fingerprint density at radius 3 is 1.55 bits per heavy atom. The maximum atomic E-state index is 14.0. The van der Waals surface area contributed by atoms with Crippen molar-refractivity contribution >= 4 is 60.6 Å². The van der Waals surface area contributed by atoms with Gasteiger partial charge in [-0.2, -0.15) is 0 Å². The van der Waals surface area contributed by atoms with Crippen LogP contribution in [0.3, 0.4) is 0 Å². The molecule has 2 unspecified atom stereocenters. The standard InChI is InChI=1S/C34H20N4O.C30H19N5O.C2H6/c39-34-25-19-11-10-18-24(25)28-30-26(20-27-31(28)38(34)33(35-27)23-16-8-3-9-17-23)29(21-12-4-1-5-13-21)36-32(37-30)22-14-6-2-7-15-22;36-30-24-20(15-14-19-16-22(19)24)21-12-7-13-23-25(21)35(30)29(31-23)28-33-26(17-8-3-1-4-9-17)32-27(34-28)18-10-5-2-6-11-18;1-2/h1-20H;1-15,19,22H,16H2;1-2H3. The summed E-state index contributed by atoms with van der Waals surface area (Å²) in [5, 5.41) is 4.35. The number of nitrogens with zero attached hydrogens (tertiary/aromatic N) is 9. The molecule has 0 N–H and O–H groups in total.